The molecule has 0 spiro atoms. The Kier molecular flexibility index (Phi) is 10.2. The SMILES string of the molecule is Cc1ccc(N(CC(=O)N(Cc2ccc(Br)cc2)[C@@H](C)C(=O)NC2CCCC2)S(=O)(=O)c2ccc(Cl)cc2)cc1C. The van der Waals surface area contributed by atoms with Crippen LogP contribution >= 0.6 is 27.5 Å². The molecule has 0 aliphatic heterocycles. The predicted molar refractivity (Wildman–Crippen MR) is 166 cm³/mol. The summed E-state index contributed by atoms with van der Waals surface area (Å²) in [5.41, 5.74) is 3.07. The molecule has 1 aliphatic carbocycles. The lowest BCUT2D eigenvalue weighted by molar-refractivity contribution is -0.139. The van der Waals surface area contributed by atoms with Crippen molar-refractivity contribution < 1.29 is 18.0 Å². The highest BCUT2D eigenvalue weighted by Crippen LogP contribution is 2.27. The Morgan fingerprint density at radius 1 is 0.976 bits per heavy atom. The number of benzene rings is 3. The Bertz CT molecular complexity index is 1490. The van der Waals surface area contributed by atoms with Crippen molar-refractivity contribution in [1.82, 2.24) is 10.2 Å². The van der Waals surface area contributed by atoms with Crippen LogP contribution in [-0.4, -0.2) is 43.8 Å². The van der Waals surface area contributed by atoms with Crippen molar-refractivity contribution in [2.45, 2.75) is 70.0 Å². The summed E-state index contributed by atoms with van der Waals surface area (Å²) >= 11 is 9.46. The van der Waals surface area contributed by atoms with Gasteiger partial charge in [0.1, 0.15) is 12.6 Å². The first kappa shape index (κ1) is 31.1. The monoisotopic (exact) mass is 659 g/mol. The van der Waals surface area contributed by atoms with Crippen LogP contribution in [0.25, 0.3) is 0 Å². The van der Waals surface area contributed by atoms with E-state index in [-0.39, 0.29) is 23.4 Å². The third-order valence-electron chi connectivity index (χ3n) is 7.59. The minimum absolute atomic E-state index is 0.0133. The van der Waals surface area contributed by atoms with Crippen molar-refractivity contribution in [1.29, 1.82) is 0 Å². The fraction of sp³-hybridized carbons (Fsp3) is 0.355. The van der Waals surface area contributed by atoms with Gasteiger partial charge in [-0.2, -0.15) is 0 Å². The highest BCUT2D eigenvalue weighted by Gasteiger charge is 2.33. The molecule has 2 amide bonds. The zero-order valence-electron chi connectivity index (χ0n) is 23.4. The summed E-state index contributed by atoms with van der Waals surface area (Å²) in [5, 5.41) is 3.49. The number of aryl methyl sites for hydroxylation is 2. The molecule has 1 aliphatic rings. The molecule has 4 rings (SSSR count). The maximum absolute atomic E-state index is 14.1. The molecule has 7 nitrogen and oxygen atoms in total. The summed E-state index contributed by atoms with van der Waals surface area (Å²) in [6, 6.07) is 17.9. The number of hydrogen-bond acceptors (Lipinski definition) is 4. The number of sulfonamides is 1. The standard InChI is InChI=1S/C31H35BrClN3O4S/c1-21-8-15-28(18-22(21)2)36(41(39,40)29-16-13-26(33)14-17-29)20-30(37)35(19-24-9-11-25(32)12-10-24)23(3)31(38)34-27-6-4-5-7-27/h8-18,23,27H,4-7,19-20H2,1-3H3,(H,34,38)/t23-/m0/s1. The molecule has 0 radical (unpaired) electrons. The number of hydrogen-bond donors (Lipinski definition) is 1. The molecular formula is C31H35BrClN3O4S. The third kappa shape index (κ3) is 7.70. The van der Waals surface area contributed by atoms with Gasteiger partial charge in [0.15, 0.2) is 0 Å². The van der Waals surface area contributed by atoms with Crippen molar-refractivity contribution in [3.8, 4) is 0 Å². The summed E-state index contributed by atoms with van der Waals surface area (Å²) in [5.74, 6) is -0.738. The Hall–Kier alpha value is -2.88. The summed E-state index contributed by atoms with van der Waals surface area (Å²) in [4.78, 5) is 28.9. The molecule has 0 heterocycles. The molecule has 1 fully saturated rings. The van der Waals surface area contributed by atoms with Gasteiger partial charge in [-0.25, -0.2) is 8.42 Å². The van der Waals surface area contributed by atoms with E-state index >= 15 is 0 Å². The topological polar surface area (TPSA) is 86.8 Å². The Balaban J connectivity index is 1.70. The number of nitrogens with one attached hydrogen (secondary N) is 1. The van der Waals surface area contributed by atoms with Gasteiger partial charge >= 0.3 is 0 Å². The summed E-state index contributed by atoms with van der Waals surface area (Å²) in [7, 11) is -4.15. The van der Waals surface area contributed by atoms with E-state index < -0.39 is 28.5 Å². The number of carbonyl (C=O) groups is 2. The highest BCUT2D eigenvalue weighted by molar-refractivity contribution is 9.10. The molecule has 41 heavy (non-hydrogen) atoms. The summed E-state index contributed by atoms with van der Waals surface area (Å²) in [6.07, 6.45) is 3.96. The van der Waals surface area contributed by atoms with E-state index in [1.165, 1.54) is 29.2 Å². The smallest absolute Gasteiger partial charge is 0.264 e. The van der Waals surface area contributed by atoms with E-state index in [9.17, 15) is 18.0 Å². The van der Waals surface area contributed by atoms with Crippen LogP contribution in [-0.2, 0) is 26.2 Å². The lowest BCUT2D eigenvalue weighted by atomic mass is 10.1. The molecule has 1 saturated carbocycles. The van der Waals surface area contributed by atoms with Crippen LogP contribution in [0.3, 0.4) is 0 Å². The molecule has 1 atom stereocenters. The quantitative estimate of drug-likeness (QED) is 0.273. The zero-order chi connectivity index (χ0) is 29.7. The second kappa shape index (κ2) is 13.4. The van der Waals surface area contributed by atoms with Gasteiger partial charge in [0.2, 0.25) is 11.8 Å². The van der Waals surface area contributed by atoms with Crippen LogP contribution < -0.4 is 9.62 Å². The van der Waals surface area contributed by atoms with Gasteiger partial charge < -0.3 is 10.2 Å². The predicted octanol–water partition coefficient (Wildman–Crippen LogP) is 6.39. The first-order chi connectivity index (χ1) is 19.5. The van der Waals surface area contributed by atoms with Crippen LogP contribution in [0.5, 0.6) is 0 Å². The van der Waals surface area contributed by atoms with E-state index in [1.54, 1.807) is 19.1 Å². The highest BCUT2D eigenvalue weighted by atomic mass is 79.9. The molecule has 0 saturated heterocycles. The number of amides is 2. The molecular weight excluding hydrogens is 626 g/mol. The van der Waals surface area contributed by atoms with E-state index in [4.69, 9.17) is 11.6 Å². The van der Waals surface area contributed by atoms with Crippen LogP contribution in [0.2, 0.25) is 5.02 Å². The Labute approximate surface area is 256 Å². The van der Waals surface area contributed by atoms with Gasteiger partial charge in [-0.1, -0.05) is 58.6 Å². The largest absolute Gasteiger partial charge is 0.352 e. The molecule has 0 bridgehead atoms. The van der Waals surface area contributed by atoms with E-state index in [0.29, 0.717) is 10.7 Å². The van der Waals surface area contributed by atoms with Gasteiger partial charge in [-0.05, 0) is 98.8 Å². The minimum Gasteiger partial charge on any atom is -0.352 e. The summed E-state index contributed by atoms with van der Waals surface area (Å²) < 4.78 is 29.9. The number of nitrogens with zero attached hydrogens (tertiary/aromatic N) is 2. The fourth-order valence-corrected chi connectivity index (χ4v) is 6.70. The lowest BCUT2D eigenvalue weighted by Gasteiger charge is -2.32. The number of halogens is 2. The normalized spacial score (nSPS) is 14.5. The van der Waals surface area contributed by atoms with Crippen molar-refractivity contribution in [3.05, 3.63) is 92.9 Å². The maximum Gasteiger partial charge on any atom is 0.264 e. The van der Waals surface area contributed by atoms with Gasteiger partial charge in [0.25, 0.3) is 10.0 Å². The van der Waals surface area contributed by atoms with E-state index in [0.717, 1.165) is 51.2 Å². The molecule has 10 heteroatoms. The van der Waals surface area contributed by atoms with Gasteiger partial charge in [-0.15, -0.1) is 0 Å². The van der Waals surface area contributed by atoms with Crippen molar-refractivity contribution >= 4 is 55.1 Å². The fourth-order valence-electron chi connectivity index (χ4n) is 4.90. The van der Waals surface area contributed by atoms with Gasteiger partial charge in [0, 0.05) is 22.1 Å². The van der Waals surface area contributed by atoms with E-state index in [2.05, 4.69) is 21.2 Å². The number of rotatable bonds is 10. The average molecular weight is 661 g/mol. The number of carbonyl (C=O) groups excluding carboxylic acids is 2. The van der Waals surface area contributed by atoms with Crippen LogP contribution in [0.1, 0.15) is 49.3 Å². The molecule has 0 unspecified atom stereocenters. The average Bonchev–Trinajstić information content (AvgIpc) is 3.45. The second-order valence-corrected chi connectivity index (χ2v) is 13.8. The van der Waals surface area contributed by atoms with Crippen molar-refractivity contribution in [3.63, 3.8) is 0 Å². The van der Waals surface area contributed by atoms with Crippen LogP contribution in [0.15, 0.2) is 76.1 Å². The molecule has 1 N–H and O–H groups in total. The van der Waals surface area contributed by atoms with Crippen molar-refractivity contribution in [2.75, 3.05) is 10.8 Å². The molecule has 218 valence electrons. The maximum atomic E-state index is 14.1. The Morgan fingerprint density at radius 3 is 2.22 bits per heavy atom. The molecule has 3 aromatic carbocycles. The Morgan fingerprint density at radius 2 is 1.61 bits per heavy atom. The first-order valence-electron chi connectivity index (χ1n) is 13.7. The van der Waals surface area contributed by atoms with E-state index in [1.807, 2.05) is 44.2 Å². The first-order valence-corrected chi connectivity index (χ1v) is 16.3. The lowest BCUT2D eigenvalue weighted by Crippen LogP contribution is -2.52. The minimum atomic E-state index is -4.15. The van der Waals surface area contributed by atoms with Crippen LogP contribution in [0.4, 0.5) is 5.69 Å². The van der Waals surface area contributed by atoms with Crippen LogP contribution in [0, 0.1) is 13.8 Å². The van der Waals surface area contributed by atoms with Gasteiger partial charge in [0.05, 0.1) is 10.6 Å². The number of anilines is 1. The van der Waals surface area contributed by atoms with Gasteiger partial charge in [-0.3, -0.25) is 13.9 Å². The third-order valence-corrected chi connectivity index (χ3v) is 10.2. The second-order valence-electron chi connectivity index (χ2n) is 10.5. The molecule has 0 aromatic heterocycles. The van der Waals surface area contributed by atoms with Crippen molar-refractivity contribution in [2.24, 2.45) is 0 Å². The zero-order valence-corrected chi connectivity index (χ0v) is 26.6. The molecule has 3 aromatic rings. The summed E-state index contributed by atoms with van der Waals surface area (Å²) in [6.45, 7) is 5.18.